The first-order valence-corrected chi connectivity index (χ1v) is 7.22. The maximum Gasteiger partial charge on any atom is 0.119 e. The molecule has 1 aromatic carbocycles. The topological polar surface area (TPSA) is 44.5 Å². The highest BCUT2D eigenvalue weighted by molar-refractivity contribution is 5.30. The number of benzene rings is 1. The zero-order valence-electron chi connectivity index (χ0n) is 12.0. The highest BCUT2D eigenvalue weighted by Gasteiger charge is 2.23. The molecule has 0 aromatic heterocycles. The molecule has 0 saturated heterocycles. The summed E-state index contributed by atoms with van der Waals surface area (Å²) in [5, 5.41) is 0. The SMILES string of the molecule is COc1cccc(C(CN)OC2CCCC(C)C2)c1. The van der Waals surface area contributed by atoms with Gasteiger partial charge in [-0.15, -0.1) is 0 Å². The average Bonchev–Trinajstić information content (AvgIpc) is 2.45. The molecular weight excluding hydrogens is 238 g/mol. The largest absolute Gasteiger partial charge is 0.497 e. The molecule has 0 spiro atoms. The maximum atomic E-state index is 6.22. The highest BCUT2D eigenvalue weighted by atomic mass is 16.5. The second-order valence-electron chi connectivity index (χ2n) is 5.53. The molecule has 3 unspecified atom stereocenters. The molecule has 0 radical (unpaired) electrons. The summed E-state index contributed by atoms with van der Waals surface area (Å²) in [7, 11) is 1.68. The van der Waals surface area contributed by atoms with E-state index in [9.17, 15) is 0 Å². The van der Waals surface area contributed by atoms with Gasteiger partial charge in [-0.05, 0) is 36.5 Å². The first kappa shape index (κ1) is 14.4. The fraction of sp³-hybridized carbons (Fsp3) is 0.625. The number of nitrogens with two attached hydrogens (primary N) is 1. The van der Waals surface area contributed by atoms with E-state index < -0.39 is 0 Å². The van der Waals surface area contributed by atoms with Crippen LogP contribution in [-0.4, -0.2) is 19.8 Å². The number of ether oxygens (including phenoxy) is 2. The van der Waals surface area contributed by atoms with Crippen LogP contribution in [0.1, 0.15) is 44.3 Å². The molecule has 0 aliphatic heterocycles. The van der Waals surface area contributed by atoms with Gasteiger partial charge in [-0.2, -0.15) is 0 Å². The normalized spacial score (nSPS) is 25.0. The van der Waals surface area contributed by atoms with E-state index in [4.69, 9.17) is 15.2 Å². The van der Waals surface area contributed by atoms with Gasteiger partial charge in [-0.1, -0.05) is 31.9 Å². The smallest absolute Gasteiger partial charge is 0.119 e. The third-order valence-corrected chi connectivity index (χ3v) is 3.92. The molecule has 0 amide bonds. The molecule has 1 saturated carbocycles. The molecule has 2 rings (SSSR count). The first-order valence-electron chi connectivity index (χ1n) is 7.22. The van der Waals surface area contributed by atoms with Gasteiger partial charge in [0, 0.05) is 6.54 Å². The van der Waals surface area contributed by atoms with Gasteiger partial charge in [0.05, 0.1) is 19.3 Å². The predicted molar refractivity (Wildman–Crippen MR) is 77.3 cm³/mol. The van der Waals surface area contributed by atoms with Crippen molar-refractivity contribution in [2.75, 3.05) is 13.7 Å². The fourth-order valence-electron chi connectivity index (χ4n) is 2.85. The van der Waals surface area contributed by atoms with Crippen molar-refractivity contribution in [1.29, 1.82) is 0 Å². The lowest BCUT2D eigenvalue weighted by Gasteiger charge is -2.30. The van der Waals surface area contributed by atoms with Crippen LogP contribution in [0.3, 0.4) is 0 Å². The molecule has 3 atom stereocenters. The summed E-state index contributed by atoms with van der Waals surface area (Å²) in [5.74, 6) is 1.62. The zero-order valence-corrected chi connectivity index (χ0v) is 12.0. The molecule has 3 nitrogen and oxygen atoms in total. The standard InChI is InChI=1S/C16H25NO2/c1-12-5-3-8-15(9-12)19-16(11-17)13-6-4-7-14(10-13)18-2/h4,6-7,10,12,15-16H,3,5,8-9,11,17H2,1-2H3. The molecular formula is C16H25NO2. The lowest BCUT2D eigenvalue weighted by atomic mass is 9.88. The second-order valence-corrected chi connectivity index (χ2v) is 5.53. The van der Waals surface area contributed by atoms with Crippen LogP contribution in [0.5, 0.6) is 5.75 Å². The summed E-state index contributed by atoms with van der Waals surface area (Å²) in [6.07, 6.45) is 5.23. The van der Waals surface area contributed by atoms with E-state index >= 15 is 0 Å². The van der Waals surface area contributed by atoms with Crippen LogP contribution in [0.2, 0.25) is 0 Å². The van der Waals surface area contributed by atoms with Crippen LogP contribution in [0.4, 0.5) is 0 Å². The van der Waals surface area contributed by atoms with Gasteiger partial charge in [-0.3, -0.25) is 0 Å². The van der Waals surface area contributed by atoms with E-state index in [1.165, 1.54) is 12.8 Å². The lowest BCUT2D eigenvalue weighted by Crippen LogP contribution is -2.26. The van der Waals surface area contributed by atoms with Crippen molar-refractivity contribution in [3.8, 4) is 5.75 Å². The summed E-state index contributed by atoms with van der Waals surface area (Å²) in [4.78, 5) is 0. The van der Waals surface area contributed by atoms with E-state index in [1.54, 1.807) is 7.11 Å². The van der Waals surface area contributed by atoms with Gasteiger partial charge >= 0.3 is 0 Å². The maximum absolute atomic E-state index is 6.22. The number of hydrogen-bond acceptors (Lipinski definition) is 3. The number of methoxy groups -OCH3 is 1. The Morgan fingerprint density at radius 1 is 1.37 bits per heavy atom. The van der Waals surface area contributed by atoms with Gasteiger partial charge in [0.25, 0.3) is 0 Å². The molecule has 1 aliphatic rings. The summed E-state index contributed by atoms with van der Waals surface area (Å²) >= 11 is 0. The Balaban J connectivity index is 2.02. The molecule has 2 N–H and O–H groups in total. The van der Waals surface area contributed by atoms with Gasteiger partial charge in [0.15, 0.2) is 0 Å². The monoisotopic (exact) mass is 263 g/mol. The van der Waals surface area contributed by atoms with Crippen LogP contribution >= 0.6 is 0 Å². The van der Waals surface area contributed by atoms with E-state index in [0.717, 1.165) is 30.1 Å². The predicted octanol–water partition coefficient (Wildman–Crippen LogP) is 3.29. The minimum Gasteiger partial charge on any atom is -0.497 e. The van der Waals surface area contributed by atoms with Crippen molar-refractivity contribution >= 4 is 0 Å². The average molecular weight is 263 g/mol. The third kappa shape index (κ3) is 3.95. The van der Waals surface area contributed by atoms with Crippen molar-refractivity contribution in [2.45, 2.75) is 44.8 Å². The van der Waals surface area contributed by atoms with Crippen molar-refractivity contribution in [1.82, 2.24) is 0 Å². The van der Waals surface area contributed by atoms with Crippen molar-refractivity contribution in [3.63, 3.8) is 0 Å². The van der Waals surface area contributed by atoms with Gasteiger partial charge in [0.1, 0.15) is 5.75 Å². The molecule has 1 fully saturated rings. The number of rotatable bonds is 5. The molecule has 1 aliphatic carbocycles. The van der Waals surface area contributed by atoms with E-state index in [1.807, 2.05) is 18.2 Å². The third-order valence-electron chi connectivity index (χ3n) is 3.92. The van der Waals surface area contributed by atoms with E-state index in [0.29, 0.717) is 12.6 Å². The van der Waals surface area contributed by atoms with Crippen LogP contribution in [0, 0.1) is 5.92 Å². The Hall–Kier alpha value is -1.06. The van der Waals surface area contributed by atoms with Crippen LogP contribution in [-0.2, 0) is 4.74 Å². The minimum atomic E-state index is -0.0228. The molecule has 1 aromatic rings. The summed E-state index contributed by atoms with van der Waals surface area (Å²) in [6, 6.07) is 8.01. The summed E-state index contributed by atoms with van der Waals surface area (Å²) in [5.41, 5.74) is 6.99. The summed E-state index contributed by atoms with van der Waals surface area (Å²) in [6.45, 7) is 2.82. The first-order chi connectivity index (χ1) is 9.22. The van der Waals surface area contributed by atoms with Crippen molar-refractivity contribution < 1.29 is 9.47 Å². The number of hydrogen-bond donors (Lipinski definition) is 1. The zero-order chi connectivity index (χ0) is 13.7. The molecule has 0 heterocycles. The highest BCUT2D eigenvalue weighted by Crippen LogP contribution is 2.30. The van der Waals surface area contributed by atoms with Crippen molar-refractivity contribution in [2.24, 2.45) is 11.7 Å². The Morgan fingerprint density at radius 2 is 2.21 bits per heavy atom. The van der Waals surface area contributed by atoms with Gasteiger partial charge in [-0.25, -0.2) is 0 Å². The quantitative estimate of drug-likeness (QED) is 0.886. The van der Waals surface area contributed by atoms with Crippen LogP contribution in [0.15, 0.2) is 24.3 Å². The Bertz CT molecular complexity index is 394. The fourth-order valence-corrected chi connectivity index (χ4v) is 2.85. The van der Waals surface area contributed by atoms with Gasteiger partial charge in [0.2, 0.25) is 0 Å². The Labute approximate surface area is 116 Å². The second kappa shape index (κ2) is 6.92. The molecule has 3 heteroatoms. The Morgan fingerprint density at radius 3 is 2.89 bits per heavy atom. The molecule has 106 valence electrons. The van der Waals surface area contributed by atoms with E-state index in [-0.39, 0.29) is 6.10 Å². The van der Waals surface area contributed by atoms with E-state index in [2.05, 4.69) is 13.0 Å². The molecule has 0 bridgehead atoms. The summed E-state index contributed by atoms with van der Waals surface area (Å²) < 4.78 is 11.5. The Kier molecular flexibility index (Phi) is 5.23. The minimum absolute atomic E-state index is 0.0228. The van der Waals surface area contributed by atoms with Crippen LogP contribution < -0.4 is 10.5 Å². The lowest BCUT2D eigenvalue weighted by molar-refractivity contribution is -0.0361. The van der Waals surface area contributed by atoms with Gasteiger partial charge < -0.3 is 15.2 Å². The van der Waals surface area contributed by atoms with Crippen LogP contribution in [0.25, 0.3) is 0 Å². The van der Waals surface area contributed by atoms with Crippen molar-refractivity contribution in [3.05, 3.63) is 29.8 Å². The molecule has 19 heavy (non-hydrogen) atoms.